The third kappa shape index (κ3) is 2.43. The Hall–Kier alpha value is -1.92. The molecule has 7 heteroatoms. The van der Waals surface area contributed by atoms with E-state index in [2.05, 4.69) is 5.10 Å². The van der Waals surface area contributed by atoms with Gasteiger partial charge in [0.15, 0.2) is 0 Å². The molecule has 1 aromatic rings. The summed E-state index contributed by atoms with van der Waals surface area (Å²) in [5, 5.41) is 23.3. The third-order valence-corrected chi connectivity index (χ3v) is 2.82. The molecule has 0 aromatic carbocycles. The highest BCUT2D eigenvalue weighted by Gasteiger charge is 2.33. The Morgan fingerprint density at radius 3 is 2.88 bits per heavy atom. The van der Waals surface area contributed by atoms with E-state index in [1.54, 1.807) is 6.92 Å². The molecular weight excluding hydrogens is 226 g/mol. The summed E-state index contributed by atoms with van der Waals surface area (Å²) < 4.78 is 1.49. The summed E-state index contributed by atoms with van der Waals surface area (Å²) in [4.78, 5) is 20.8. The van der Waals surface area contributed by atoms with Gasteiger partial charge in [-0.2, -0.15) is 4.68 Å². The number of carbonyl (C=O) groups is 1. The lowest BCUT2D eigenvalue weighted by Gasteiger charge is -2.08. The quantitative estimate of drug-likeness (QED) is 0.622. The van der Waals surface area contributed by atoms with Crippen molar-refractivity contribution in [3.05, 3.63) is 21.9 Å². The van der Waals surface area contributed by atoms with Gasteiger partial charge in [-0.1, -0.05) is 0 Å². The molecule has 1 N–H and O–H groups in total. The van der Waals surface area contributed by atoms with Crippen molar-refractivity contribution in [2.24, 2.45) is 0 Å². The topological polar surface area (TPSA) is 98.3 Å². The van der Waals surface area contributed by atoms with Crippen LogP contribution in [0.25, 0.3) is 0 Å². The Labute approximate surface area is 97.2 Å². The predicted molar refractivity (Wildman–Crippen MR) is 57.8 cm³/mol. The average Bonchev–Trinajstić information content (AvgIpc) is 2.95. The van der Waals surface area contributed by atoms with Gasteiger partial charge in [-0.3, -0.25) is 4.79 Å². The molecule has 1 heterocycles. The van der Waals surface area contributed by atoms with Crippen LogP contribution in [0.3, 0.4) is 0 Å². The van der Waals surface area contributed by atoms with Gasteiger partial charge in [0.05, 0.1) is 29.3 Å². The molecule has 0 bridgehead atoms. The summed E-state index contributed by atoms with van der Waals surface area (Å²) in [6.07, 6.45) is 1.89. The monoisotopic (exact) mass is 239 g/mol. The van der Waals surface area contributed by atoms with E-state index in [0.29, 0.717) is 5.92 Å². The van der Waals surface area contributed by atoms with Gasteiger partial charge < -0.3 is 15.2 Å². The summed E-state index contributed by atoms with van der Waals surface area (Å²) in [6.45, 7) is 1.71. The summed E-state index contributed by atoms with van der Waals surface area (Å²) in [5.41, 5.74) is 0.783. The predicted octanol–water partition coefficient (Wildman–Crippen LogP) is 1.70. The van der Waals surface area contributed by atoms with Crippen LogP contribution in [0.5, 0.6) is 0 Å². The van der Waals surface area contributed by atoms with E-state index < -0.39 is 10.9 Å². The molecule has 1 atom stereocenters. The maximum Gasteiger partial charge on any atom is 0.390 e. The zero-order valence-corrected chi connectivity index (χ0v) is 9.37. The molecule has 0 amide bonds. The van der Waals surface area contributed by atoms with Crippen molar-refractivity contribution in [2.75, 3.05) is 0 Å². The number of carboxylic acids is 1. The van der Waals surface area contributed by atoms with Crippen LogP contribution < -0.4 is 0 Å². The van der Waals surface area contributed by atoms with Crippen LogP contribution in [0.2, 0.25) is 0 Å². The maximum absolute atomic E-state index is 10.7. The van der Waals surface area contributed by atoms with Gasteiger partial charge in [0.25, 0.3) is 0 Å². The molecule has 1 aliphatic rings. The fourth-order valence-corrected chi connectivity index (χ4v) is 1.86. The van der Waals surface area contributed by atoms with Crippen LogP contribution in [-0.4, -0.2) is 25.8 Å². The molecule has 1 saturated carbocycles. The molecule has 0 spiro atoms. The van der Waals surface area contributed by atoms with Crippen LogP contribution >= 0.6 is 0 Å². The van der Waals surface area contributed by atoms with Crippen molar-refractivity contribution in [3.63, 3.8) is 0 Å². The van der Waals surface area contributed by atoms with Crippen molar-refractivity contribution in [2.45, 2.75) is 38.1 Å². The number of carboxylic acid groups (broad SMARTS) is 1. The van der Waals surface area contributed by atoms with Gasteiger partial charge in [0.1, 0.15) is 0 Å². The summed E-state index contributed by atoms with van der Waals surface area (Å²) in [7, 11) is 0. The van der Waals surface area contributed by atoms with E-state index in [9.17, 15) is 14.9 Å². The van der Waals surface area contributed by atoms with Crippen molar-refractivity contribution >= 4 is 11.8 Å². The Balaban J connectivity index is 2.30. The molecule has 0 radical (unpaired) electrons. The van der Waals surface area contributed by atoms with E-state index in [0.717, 1.165) is 18.5 Å². The maximum atomic E-state index is 10.7. The zero-order valence-electron chi connectivity index (χ0n) is 9.37. The summed E-state index contributed by atoms with van der Waals surface area (Å²) in [5.74, 6) is -0.839. The number of rotatable bonds is 5. The standard InChI is InChI=1S/C10H13N3O4/c1-6(4-10(14)15)12-8(7-2-3-7)5-9(11-12)13(16)17/h5-7H,2-4H2,1H3,(H,14,15)/t6-/m1/s1. The molecule has 0 saturated heterocycles. The zero-order chi connectivity index (χ0) is 12.6. The third-order valence-electron chi connectivity index (χ3n) is 2.82. The molecule has 0 aliphatic heterocycles. The number of hydrogen-bond donors (Lipinski definition) is 1. The molecule has 2 rings (SSSR count). The normalized spacial score (nSPS) is 16.8. The van der Waals surface area contributed by atoms with Crippen LogP contribution in [0.4, 0.5) is 5.82 Å². The number of nitrogens with zero attached hydrogens (tertiary/aromatic N) is 3. The van der Waals surface area contributed by atoms with Crippen molar-refractivity contribution in [1.82, 2.24) is 9.78 Å². The molecule has 1 aromatic heterocycles. The molecular formula is C10H13N3O4. The Morgan fingerprint density at radius 2 is 2.41 bits per heavy atom. The van der Waals surface area contributed by atoms with Crippen LogP contribution in [0.1, 0.15) is 43.8 Å². The second-order valence-corrected chi connectivity index (χ2v) is 4.35. The van der Waals surface area contributed by atoms with Gasteiger partial charge in [-0.05, 0) is 24.7 Å². The van der Waals surface area contributed by atoms with Gasteiger partial charge in [-0.15, -0.1) is 0 Å². The van der Waals surface area contributed by atoms with Gasteiger partial charge >= 0.3 is 11.8 Å². The van der Waals surface area contributed by atoms with Crippen molar-refractivity contribution in [1.29, 1.82) is 0 Å². The van der Waals surface area contributed by atoms with E-state index in [1.165, 1.54) is 10.7 Å². The first kappa shape index (κ1) is 11.6. The van der Waals surface area contributed by atoms with Gasteiger partial charge in [0, 0.05) is 5.92 Å². The first-order valence-corrected chi connectivity index (χ1v) is 5.44. The number of aromatic nitrogens is 2. The fourth-order valence-electron chi connectivity index (χ4n) is 1.86. The Morgan fingerprint density at radius 1 is 1.76 bits per heavy atom. The molecule has 92 valence electrons. The lowest BCUT2D eigenvalue weighted by Crippen LogP contribution is -2.14. The van der Waals surface area contributed by atoms with E-state index >= 15 is 0 Å². The highest BCUT2D eigenvalue weighted by Crippen LogP contribution is 2.42. The van der Waals surface area contributed by atoms with Gasteiger partial charge in [-0.25, -0.2) is 0 Å². The number of hydrogen-bond acceptors (Lipinski definition) is 4. The first-order chi connectivity index (χ1) is 7.99. The lowest BCUT2D eigenvalue weighted by molar-refractivity contribution is -0.389. The second kappa shape index (κ2) is 4.15. The smallest absolute Gasteiger partial charge is 0.390 e. The molecule has 1 fully saturated rings. The fraction of sp³-hybridized carbons (Fsp3) is 0.600. The molecule has 1 aliphatic carbocycles. The second-order valence-electron chi connectivity index (χ2n) is 4.35. The van der Waals surface area contributed by atoms with Crippen LogP contribution in [-0.2, 0) is 4.79 Å². The number of nitro groups is 1. The van der Waals surface area contributed by atoms with Crippen LogP contribution in [0, 0.1) is 10.1 Å². The minimum atomic E-state index is -0.933. The molecule has 0 unspecified atom stereocenters. The first-order valence-electron chi connectivity index (χ1n) is 5.44. The van der Waals surface area contributed by atoms with Gasteiger partial charge in [0.2, 0.25) is 0 Å². The van der Waals surface area contributed by atoms with E-state index in [-0.39, 0.29) is 18.3 Å². The lowest BCUT2D eigenvalue weighted by atomic mass is 10.2. The largest absolute Gasteiger partial charge is 0.481 e. The van der Waals surface area contributed by atoms with Crippen molar-refractivity contribution < 1.29 is 14.8 Å². The average molecular weight is 239 g/mol. The van der Waals surface area contributed by atoms with E-state index in [1.807, 2.05) is 0 Å². The highest BCUT2D eigenvalue weighted by molar-refractivity contribution is 5.67. The molecule has 17 heavy (non-hydrogen) atoms. The SMILES string of the molecule is C[C@H](CC(=O)O)n1nc([N+](=O)[O-])cc1C1CC1. The minimum absolute atomic E-state index is 0.0848. The van der Waals surface area contributed by atoms with Crippen LogP contribution in [0.15, 0.2) is 6.07 Å². The number of aliphatic carboxylic acids is 1. The van der Waals surface area contributed by atoms with Crippen molar-refractivity contribution in [3.8, 4) is 0 Å². The van der Waals surface area contributed by atoms with E-state index in [4.69, 9.17) is 5.11 Å². The minimum Gasteiger partial charge on any atom is -0.481 e. The summed E-state index contributed by atoms with van der Waals surface area (Å²) >= 11 is 0. The highest BCUT2D eigenvalue weighted by atomic mass is 16.6. The Kier molecular flexibility index (Phi) is 2.83. The summed E-state index contributed by atoms with van der Waals surface area (Å²) in [6, 6.07) is 1.09. The Bertz CT molecular complexity index is 464. The molecule has 7 nitrogen and oxygen atoms in total.